The third-order valence-corrected chi connectivity index (χ3v) is 4.71. The molecule has 0 radical (unpaired) electrons. The highest BCUT2D eigenvalue weighted by Gasteiger charge is 2.15. The Hall–Kier alpha value is -2.94. The lowest BCUT2D eigenvalue weighted by Crippen LogP contribution is -2.34. The number of carbonyl (C=O) groups is 4. The number of likely N-dealkylation sites (tertiary alicyclic amines) is 1. The van der Waals surface area contributed by atoms with Crippen molar-refractivity contribution < 1.29 is 29.4 Å². The van der Waals surface area contributed by atoms with Gasteiger partial charge >= 0.3 is 11.9 Å². The van der Waals surface area contributed by atoms with Gasteiger partial charge < -0.3 is 25.7 Å². The second-order valence-corrected chi connectivity index (χ2v) is 7.18. The molecule has 1 saturated heterocycles. The summed E-state index contributed by atoms with van der Waals surface area (Å²) >= 11 is 0. The molecule has 4 N–H and O–H groups in total. The summed E-state index contributed by atoms with van der Waals surface area (Å²) in [5, 5.41) is 20.8. The molecule has 0 aromatic heterocycles. The fourth-order valence-electron chi connectivity index (χ4n) is 2.90. The number of carboxylic acids is 2. The van der Waals surface area contributed by atoms with E-state index in [0.717, 1.165) is 51.0 Å². The van der Waals surface area contributed by atoms with Gasteiger partial charge in [-0.2, -0.15) is 0 Å². The van der Waals surface area contributed by atoms with E-state index in [1.807, 2.05) is 30.0 Å². The number of nitrogens with one attached hydrogen (secondary N) is 2. The molecule has 0 saturated carbocycles. The highest BCUT2D eigenvalue weighted by atomic mass is 16.4. The summed E-state index contributed by atoms with van der Waals surface area (Å²) in [6, 6.07) is 5.92. The Morgan fingerprint density at radius 3 is 2.37 bits per heavy atom. The lowest BCUT2D eigenvalue weighted by molar-refractivity contribution is -0.159. The molecule has 1 aromatic carbocycles. The molecule has 2 amide bonds. The van der Waals surface area contributed by atoms with Crippen molar-refractivity contribution in [3.05, 3.63) is 29.3 Å². The van der Waals surface area contributed by atoms with Gasteiger partial charge in [-0.15, -0.1) is 0 Å². The molecular weight excluding hydrogens is 390 g/mol. The van der Waals surface area contributed by atoms with E-state index in [9.17, 15) is 9.59 Å². The molecule has 0 aliphatic carbocycles. The molecule has 1 heterocycles. The molecule has 1 aliphatic heterocycles. The number of rotatable bonds is 7. The minimum atomic E-state index is -1.82. The average Bonchev–Trinajstić information content (AvgIpc) is 2.89. The number of hydrogen-bond acceptors (Lipinski definition) is 5. The van der Waals surface area contributed by atoms with Crippen molar-refractivity contribution in [1.82, 2.24) is 10.2 Å². The number of nitrogens with zero attached hydrogens (tertiary/aromatic N) is 1. The zero-order valence-electron chi connectivity index (χ0n) is 17.6. The number of anilines is 1. The lowest BCUT2D eigenvalue weighted by atomic mass is 10.1. The van der Waals surface area contributed by atoms with Crippen molar-refractivity contribution in [2.24, 2.45) is 0 Å². The van der Waals surface area contributed by atoms with Crippen molar-refractivity contribution in [3.8, 4) is 0 Å². The van der Waals surface area contributed by atoms with Crippen LogP contribution < -0.4 is 10.6 Å². The fraction of sp³-hybridized carbons (Fsp3) is 0.524. The van der Waals surface area contributed by atoms with E-state index >= 15 is 0 Å². The van der Waals surface area contributed by atoms with Crippen LogP contribution in [0.5, 0.6) is 0 Å². The van der Waals surface area contributed by atoms with E-state index in [-0.39, 0.29) is 11.8 Å². The van der Waals surface area contributed by atoms with Crippen LogP contribution >= 0.6 is 0 Å². The second-order valence-electron chi connectivity index (χ2n) is 7.18. The van der Waals surface area contributed by atoms with Crippen LogP contribution in [0.4, 0.5) is 5.69 Å². The van der Waals surface area contributed by atoms with Gasteiger partial charge in [-0.1, -0.05) is 12.5 Å². The third kappa shape index (κ3) is 10.0. The van der Waals surface area contributed by atoms with Crippen molar-refractivity contribution in [2.45, 2.75) is 46.0 Å². The summed E-state index contributed by atoms with van der Waals surface area (Å²) in [5.74, 6) is -3.41. The Kier molecular flexibility index (Phi) is 11.1. The summed E-state index contributed by atoms with van der Waals surface area (Å²) < 4.78 is 0. The molecule has 0 atom stereocenters. The molecule has 0 spiro atoms. The van der Waals surface area contributed by atoms with Crippen LogP contribution in [0, 0.1) is 13.8 Å². The van der Waals surface area contributed by atoms with Gasteiger partial charge in [0.25, 0.3) is 0 Å². The largest absolute Gasteiger partial charge is 0.473 e. The van der Waals surface area contributed by atoms with Crippen LogP contribution in [0.1, 0.15) is 43.2 Å². The van der Waals surface area contributed by atoms with Gasteiger partial charge in [0.2, 0.25) is 11.8 Å². The number of hydrogen-bond donors (Lipinski definition) is 4. The molecule has 0 bridgehead atoms. The number of aliphatic carboxylic acids is 2. The fourth-order valence-corrected chi connectivity index (χ4v) is 2.90. The van der Waals surface area contributed by atoms with Crippen molar-refractivity contribution >= 4 is 29.4 Å². The summed E-state index contributed by atoms with van der Waals surface area (Å²) in [6.07, 6.45) is 4.84. The standard InChI is InChI=1S/C19H29N3O2.C2H2O4/c1-15-8-9-17(13-16(15)2)21-18(23)14-20-10-6-12-22-11-5-3-4-7-19(22)24;3-1(4)2(5)6/h8-9,13,20H,3-7,10-12,14H2,1-2H3,(H,21,23);(H,3,4)(H,5,6). The molecule has 1 fully saturated rings. The average molecular weight is 421 g/mol. The Morgan fingerprint density at radius 2 is 1.73 bits per heavy atom. The predicted molar refractivity (Wildman–Crippen MR) is 112 cm³/mol. The van der Waals surface area contributed by atoms with Crippen LogP contribution in [0.25, 0.3) is 0 Å². The Labute approximate surface area is 176 Å². The summed E-state index contributed by atoms with van der Waals surface area (Å²) in [4.78, 5) is 44.0. The monoisotopic (exact) mass is 421 g/mol. The van der Waals surface area contributed by atoms with Gasteiger partial charge in [-0.25, -0.2) is 9.59 Å². The van der Waals surface area contributed by atoms with E-state index in [1.165, 1.54) is 11.1 Å². The van der Waals surface area contributed by atoms with Crippen LogP contribution in [0.2, 0.25) is 0 Å². The van der Waals surface area contributed by atoms with Crippen LogP contribution in [0.3, 0.4) is 0 Å². The maximum atomic E-state index is 11.9. The smallest absolute Gasteiger partial charge is 0.414 e. The molecule has 166 valence electrons. The van der Waals surface area contributed by atoms with Gasteiger partial charge in [0, 0.05) is 25.2 Å². The lowest BCUT2D eigenvalue weighted by Gasteiger charge is -2.20. The first kappa shape index (κ1) is 25.1. The van der Waals surface area contributed by atoms with Crippen LogP contribution in [-0.2, 0) is 19.2 Å². The van der Waals surface area contributed by atoms with Crippen LogP contribution in [0.15, 0.2) is 18.2 Å². The minimum Gasteiger partial charge on any atom is -0.473 e. The minimum absolute atomic E-state index is 0.0379. The Balaban J connectivity index is 0.000000656. The van der Waals surface area contributed by atoms with E-state index in [1.54, 1.807) is 0 Å². The number of amides is 2. The van der Waals surface area contributed by atoms with Crippen molar-refractivity contribution in [1.29, 1.82) is 0 Å². The molecule has 2 rings (SSSR count). The van der Waals surface area contributed by atoms with Gasteiger partial charge in [0.05, 0.1) is 6.54 Å². The molecular formula is C21H31N3O6. The Bertz CT molecular complexity index is 738. The van der Waals surface area contributed by atoms with Gasteiger partial charge in [-0.05, 0) is 62.9 Å². The molecule has 9 nitrogen and oxygen atoms in total. The molecule has 0 unspecified atom stereocenters. The summed E-state index contributed by atoms with van der Waals surface area (Å²) in [5.41, 5.74) is 3.22. The van der Waals surface area contributed by atoms with Crippen LogP contribution in [-0.4, -0.2) is 65.0 Å². The van der Waals surface area contributed by atoms with Gasteiger partial charge in [0.15, 0.2) is 0 Å². The number of aryl methyl sites for hydroxylation is 2. The Morgan fingerprint density at radius 1 is 1.03 bits per heavy atom. The quantitative estimate of drug-likeness (QED) is 0.389. The predicted octanol–water partition coefficient (Wildman–Crippen LogP) is 1.78. The van der Waals surface area contributed by atoms with E-state index in [4.69, 9.17) is 19.8 Å². The molecule has 9 heteroatoms. The third-order valence-electron chi connectivity index (χ3n) is 4.71. The zero-order valence-corrected chi connectivity index (χ0v) is 17.6. The highest BCUT2D eigenvalue weighted by molar-refractivity contribution is 6.27. The second kappa shape index (κ2) is 13.3. The zero-order chi connectivity index (χ0) is 22.5. The SMILES string of the molecule is Cc1ccc(NC(=O)CNCCCN2CCCCCC2=O)cc1C.O=C(O)C(=O)O. The summed E-state index contributed by atoms with van der Waals surface area (Å²) in [6.45, 7) is 6.78. The topological polar surface area (TPSA) is 136 Å². The number of benzene rings is 1. The highest BCUT2D eigenvalue weighted by Crippen LogP contribution is 2.14. The maximum absolute atomic E-state index is 11.9. The molecule has 1 aromatic rings. The summed E-state index contributed by atoms with van der Waals surface area (Å²) in [7, 11) is 0. The first-order valence-corrected chi connectivity index (χ1v) is 10.0. The maximum Gasteiger partial charge on any atom is 0.414 e. The number of carboxylic acid groups (broad SMARTS) is 2. The first-order chi connectivity index (χ1) is 14.2. The van der Waals surface area contributed by atoms with Gasteiger partial charge in [0.1, 0.15) is 0 Å². The van der Waals surface area contributed by atoms with Crippen molar-refractivity contribution in [2.75, 3.05) is 31.5 Å². The van der Waals surface area contributed by atoms with Crippen molar-refractivity contribution in [3.63, 3.8) is 0 Å². The van der Waals surface area contributed by atoms with E-state index in [0.29, 0.717) is 13.0 Å². The molecule has 1 aliphatic rings. The normalized spacial score (nSPS) is 13.7. The van der Waals surface area contributed by atoms with Gasteiger partial charge in [-0.3, -0.25) is 9.59 Å². The first-order valence-electron chi connectivity index (χ1n) is 10.0. The number of carbonyl (C=O) groups excluding carboxylic acids is 2. The van der Waals surface area contributed by atoms with E-state index in [2.05, 4.69) is 17.6 Å². The van der Waals surface area contributed by atoms with E-state index < -0.39 is 11.9 Å². The molecule has 30 heavy (non-hydrogen) atoms.